The fourth-order valence-corrected chi connectivity index (χ4v) is 3.88. The molecule has 0 radical (unpaired) electrons. The summed E-state index contributed by atoms with van der Waals surface area (Å²) in [6.45, 7) is 0.377. The van der Waals surface area contributed by atoms with Crippen LogP contribution in [0.5, 0.6) is 0 Å². The van der Waals surface area contributed by atoms with Gasteiger partial charge < -0.3 is 10.6 Å². The Labute approximate surface area is 178 Å². The normalized spacial score (nSPS) is 13.4. The number of amides is 2. The zero-order chi connectivity index (χ0) is 20.9. The van der Waals surface area contributed by atoms with Crippen LogP contribution in [0.1, 0.15) is 23.3 Å². The molecule has 152 valence electrons. The molecule has 1 saturated carbocycles. The smallest absolute Gasteiger partial charge is 0.244 e. The van der Waals surface area contributed by atoms with E-state index < -0.39 is 0 Å². The van der Waals surface area contributed by atoms with Gasteiger partial charge in [-0.05, 0) is 66.4 Å². The molecule has 6 heteroatoms. The summed E-state index contributed by atoms with van der Waals surface area (Å²) in [7, 11) is 0. The Morgan fingerprint density at radius 2 is 1.87 bits per heavy atom. The number of halogens is 1. The summed E-state index contributed by atoms with van der Waals surface area (Å²) in [5, 5.41) is 5.77. The molecule has 0 atom stereocenters. The van der Waals surface area contributed by atoms with Crippen LogP contribution in [-0.4, -0.2) is 11.8 Å². The van der Waals surface area contributed by atoms with E-state index in [0.29, 0.717) is 6.54 Å². The predicted octanol–water partition coefficient (Wildman–Crippen LogP) is 5.23. The fraction of sp³-hybridized carbons (Fsp3) is 0.167. The summed E-state index contributed by atoms with van der Waals surface area (Å²) in [6.07, 6.45) is 5.19. The van der Waals surface area contributed by atoms with Gasteiger partial charge in [0.05, 0.1) is 0 Å². The van der Waals surface area contributed by atoms with Crippen LogP contribution in [-0.2, 0) is 16.1 Å². The summed E-state index contributed by atoms with van der Waals surface area (Å²) in [5.41, 5.74) is 2.61. The molecule has 2 amide bonds. The topological polar surface area (TPSA) is 58.2 Å². The third kappa shape index (κ3) is 5.42. The molecule has 4 nitrogen and oxygen atoms in total. The van der Waals surface area contributed by atoms with Gasteiger partial charge in [0, 0.05) is 34.0 Å². The molecular weight excluding hydrogens is 399 g/mol. The van der Waals surface area contributed by atoms with Crippen LogP contribution in [0.4, 0.5) is 10.1 Å². The standard InChI is InChI=1S/C24H21FN2O2S/c25-19-8-6-17(7-9-19)22-12-10-21(30-22)11-13-23(28)26-15-16-2-1-3-20(14-16)27-24(29)18-4-5-18/h1-3,6-14,18H,4-5,15H2,(H,26,28)(H,27,29)/b13-11+. The lowest BCUT2D eigenvalue weighted by molar-refractivity contribution is -0.117. The third-order valence-electron chi connectivity index (χ3n) is 4.76. The van der Waals surface area contributed by atoms with Crippen LogP contribution in [0.25, 0.3) is 16.5 Å². The molecule has 1 aromatic heterocycles. The number of rotatable bonds is 7. The van der Waals surface area contributed by atoms with Gasteiger partial charge in [-0.3, -0.25) is 9.59 Å². The van der Waals surface area contributed by atoms with Crippen molar-refractivity contribution in [2.75, 3.05) is 5.32 Å². The first-order chi connectivity index (χ1) is 14.6. The van der Waals surface area contributed by atoms with E-state index in [4.69, 9.17) is 0 Å². The molecule has 30 heavy (non-hydrogen) atoms. The van der Waals surface area contributed by atoms with Crippen molar-refractivity contribution in [2.45, 2.75) is 19.4 Å². The maximum Gasteiger partial charge on any atom is 0.244 e. The average molecular weight is 421 g/mol. The van der Waals surface area contributed by atoms with E-state index in [-0.39, 0.29) is 23.5 Å². The lowest BCUT2D eigenvalue weighted by Crippen LogP contribution is -2.20. The molecule has 0 saturated heterocycles. The van der Waals surface area contributed by atoms with Crippen molar-refractivity contribution < 1.29 is 14.0 Å². The van der Waals surface area contributed by atoms with Gasteiger partial charge in [0.2, 0.25) is 11.8 Å². The lowest BCUT2D eigenvalue weighted by atomic mass is 10.2. The SMILES string of the molecule is O=C(/C=C/c1ccc(-c2ccc(F)cc2)s1)NCc1cccc(NC(=O)C2CC2)c1. The fourth-order valence-electron chi connectivity index (χ4n) is 2.97. The monoisotopic (exact) mass is 420 g/mol. The van der Waals surface area contributed by atoms with Crippen molar-refractivity contribution in [3.8, 4) is 10.4 Å². The summed E-state index contributed by atoms with van der Waals surface area (Å²) in [4.78, 5) is 26.0. The second-order valence-electron chi connectivity index (χ2n) is 7.22. The number of hydrogen-bond donors (Lipinski definition) is 2. The first-order valence-electron chi connectivity index (χ1n) is 9.78. The third-order valence-corrected chi connectivity index (χ3v) is 5.86. The van der Waals surface area contributed by atoms with Crippen molar-refractivity contribution in [2.24, 2.45) is 5.92 Å². The largest absolute Gasteiger partial charge is 0.348 e. The highest BCUT2D eigenvalue weighted by Crippen LogP contribution is 2.30. The number of thiophene rings is 1. The molecule has 0 spiro atoms. The van der Waals surface area contributed by atoms with Gasteiger partial charge >= 0.3 is 0 Å². The van der Waals surface area contributed by atoms with Crippen LogP contribution in [0.3, 0.4) is 0 Å². The van der Waals surface area contributed by atoms with Crippen LogP contribution < -0.4 is 10.6 Å². The van der Waals surface area contributed by atoms with Crippen molar-refractivity contribution in [1.29, 1.82) is 0 Å². The molecule has 4 rings (SSSR count). The van der Waals surface area contributed by atoms with E-state index in [2.05, 4.69) is 10.6 Å². The first kappa shape index (κ1) is 20.0. The van der Waals surface area contributed by atoms with E-state index in [1.807, 2.05) is 36.4 Å². The Morgan fingerprint density at radius 1 is 1.07 bits per heavy atom. The number of benzene rings is 2. The van der Waals surface area contributed by atoms with Gasteiger partial charge in [-0.25, -0.2) is 4.39 Å². The van der Waals surface area contributed by atoms with Gasteiger partial charge in [-0.15, -0.1) is 11.3 Å². The Morgan fingerprint density at radius 3 is 2.63 bits per heavy atom. The van der Waals surface area contributed by atoms with E-state index in [0.717, 1.165) is 39.4 Å². The van der Waals surface area contributed by atoms with Crippen molar-refractivity contribution in [3.05, 3.63) is 83.0 Å². The number of carbonyl (C=O) groups excluding carboxylic acids is 2. The van der Waals surface area contributed by atoms with E-state index >= 15 is 0 Å². The minimum atomic E-state index is -0.261. The molecule has 0 bridgehead atoms. The van der Waals surface area contributed by atoms with E-state index in [9.17, 15) is 14.0 Å². The Kier molecular flexibility index (Phi) is 6.05. The zero-order valence-electron chi connectivity index (χ0n) is 16.2. The molecular formula is C24H21FN2O2S. The van der Waals surface area contributed by atoms with Gasteiger partial charge in [0.15, 0.2) is 0 Å². The van der Waals surface area contributed by atoms with Crippen molar-refractivity contribution >= 4 is 34.9 Å². The van der Waals surface area contributed by atoms with Gasteiger partial charge in [0.25, 0.3) is 0 Å². The minimum Gasteiger partial charge on any atom is -0.348 e. The number of nitrogens with one attached hydrogen (secondary N) is 2. The van der Waals surface area contributed by atoms with Crippen LogP contribution in [0, 0.1) is 11.7 Å². The summed E-state index contributed by atoms with van der Waals surface area (Å²) >= 11 is 1.53. The highest BCUT2D eigenvalue weighted by molar-refractivity contribution is 7.16. The molecule has 0 aliphatic heterocycles. The highest BCUT2D eigenvalue weighted by Gasteiger charge is 2.29. The van der Waals surface area contributed by atoms with Gasteiger partial charge in [-0.2, -0.15) is 0 Å². The molecule has 2 N–H and O–H groups in total. The minimum absolute atomic E-state index is 0.0649. The summed E-state index contributed by atoms with van der Waals surface area (Å²) in [5.74, 6) is -0.239. The lowest BCUT2D eigenvalue weighted by Gasteiger charge is -2.07. The maximum atomic E-state index is 13.1. The molecule has 2 aromatic carbocycles. The second-order valence-corrected chi connectivity index (χ2v) is 8.34. The quantitative estimate of drug-likeness (QED) is 0.514. The first-order valence-corrected chi connectivity index (χ1v) is 10.6. The van der Waals surface area contributed by atoms with E-state index in [1.54, 1.807) is 18.2 Å². The number of carbonyl (C=O) groups is 2. The molecule has 1 heterocycles. The van der Waals surface area contributed by atoms with E-state index in [1.165, 1.54) is 29.5 Å². The summed E-state index contributed by atoms with van der Waals surface area (Å²) < 4.78 is 13.1. The molecule has 1 fully saturated rings. The highest BCUT2D eigenvalue weighted by atomic mass is 32.1. The number of anilines is 1. The molecule has 0 unspecified atom stereocenters. The predicted molar refractivity (Wildman–Crippen MR) is 118 cm³/mol. The second kappa shape index (κ2) is 9.05. The zero-order valence-corrected chi connectivity index (χ0v) is 17.0. The van der Waals surface area contributed by atoms with Crippen molar-refractivity contribution in [3.63, 3.8) is 0 Å². The Balaban J connectivity index is 1.30. The molecule has 3 aromatic rings. The summed E-state index contributed by atoms with van der Waals surface area (Å²) in [6, 6.07) is 17.7. The van der Waals surface area contributed by atoms with Crippen molar-refractivity contribution in [1.82, 2.24) is 5.32 Å². The van der Waals surface area contributed by atoms with Crippen LogP contribution >= 0.6 is 11.3 Å². The van der Waals surface area contributed by atoms with Crippen LogP contribution in [0.2, 0.25) is 0 Å². The number of hydrogen-bond acceptors (Lipinski definition) is 3. The average Bonchev–Trinajstić information content (AvgIpc) is 3.50. The van der Waals surface area contributed by atoms with Gasteiger partial charge in [0.1, 0.15) is 5.82 Å². The van der Waals surface area contributed by atoms with Crippen LogP contribution in [0.15, 0.2) is 66.7 Å². The molecule has 1 aliphatic carbocycles. The Hall–Kier alpha value is -3.25. The van der Waals surface area contributed by atoms with Gasteiger partial charge in [-0.1, -0.05) is 24.3 Å². The maximum absolute atomic E-state index is 13.1. The molecule has 1 aliphatic rings. The Bertz CT molecular complexity index is 1080.